The molecule has 1 aromatic rings. The van der Waals surface area contributed by atoms with Gasteiger partial charge in [-0.05, 0) is 12.8 Å². The van der Waals surface area contributed by atoms with Gasteiger partial charge in [0, 0.05) is 13.1 Å². The van der Waals surface area contributed by atoms with E-state index in [0.717, 1.165) is 24.2 Å². The summed E-state index contributed by atoms with van der Waals surface area (Å²) in [5, 5.41) is 8.06. The van der Waals surface area contributed by atoms with Gasteiger partial charge in [0.05, 0.1) is 0 Å². The van der Waals surface area contributed by atoms with Crippen molar-refractivity contribution in [3.8, 4) is 0 Å². The van der Waals surface area contributed by atoms with Crippen molar-refractivity contribution in [2.75, 3.05) is 12.8 Å². The van der Waals surface area contributed by atoms with Gasteiger partial charge >= 0.3 is 0 Å². The average Bonchev–Trinajstić information content (AvgIpc) is 2.65. The number of nitrogens with zero attached hydrogens (tertiary/aromatic N) is 3. The highest BCUT2D eigenvalue weighted by molar-refractivity contribution is 7.16. The summed E-state index contributed by atoms with van der Waals surface area (Å²) < 4.78 is 0. The molecule has 0 aromatic carbocycles. The van der Waals surface area contributed by atoms with Gasteiger partial charge in [0.2, 0.25) is 10.1 Å². The number of hydrogen-bond acceptors (Lipinski definition) is 5. The zero-order chi connectivity index (χ0) is 11.4. The molecule has 15 heavy (non-hydrogen) atoms. The first-order valence-corrected chi connectivity index (χ1v) is 5.77. The standard InChI is InChI=1S/C9H16N4OS/c1-4-6(5-2)13(3)8(14)7-11-12-9(10)15-7/h6H,4-5H2,1-3H3,(H2,10,12). The molecule has 1 amide bonds. The van der Waals surface area contributed by atoms with Gasteiger partial charge < -0.3 is 10.6 Å². The van der Waals surface area contributed by atoms with Gasteiger partial charge in [0.1, 0.15) is 0 Å². The fourth-order valence-electron chi connectivity index (χ4n) is 1.47. The summed E-state index contributed by atoms with van der Waals surface area (Å²) in [6.45, 7) is 4.12. The largest absolute Gasteiger partial charge is 0.374 e. The van der Waals surface area contributed by atoms with Crippen molar-refractivity contribution in [2.45, 2.75) is 32.7 Å². The molecule has 2 N–H and O–H groups in total. The predicted molar refractivity (Wildman–Crippen MR) is 60.8 cm³/mol. The molecular formula is C9H16N4OS. The lowest BCUT2D eigenvalue weighted by atomic mass is 10.1. The van der Waals surface area contributed by atoms with E-state index in [1.807, 2.05) is 0 Å². The van der Waals surface area contributed by atoms with Crippen molar-refractivity contribution in [3.63, 3.8) is 0 Å². The van der Waals surface area contributed by atoms with E-state index in [4.69, 9.17) is 5.73 Å². The Morgan fingerprint density at radius 1 is 1.47 bits per heavy atom. The SMILES string of the molecule is CCC(CC)N(C)C(=O)c1nnc(N)s1. The third kappa shape index (κ3) is 2.65. The highest BCUT2D eigenvalue weighted by Crippen LogP contribution is 2.16. The maximum absolute atomic E-state index is 11.9. The summed E-state index contributed by atoms with van der Waals surface area (Å²) in [6.07, 6.45) is 1.88. The zero-order valence-electron chi connectivity index (χ0n) is 9.23. The topological polar surface area (TPSA) is 72.1 Å². The number of amides is 1. The fraction of sp³-hybridized carbons (Fsp3) is 0.667. The Kier molecular flexibility index (Phi) is 4.02. The number of hydrogen-bond donors (Lipinski definition) is 1. The van der Waals surface area contributed by atoms with Crippen LogP contribution in [-0.4, -0.2) is 34.1 Å². The number of nitrogens with two attached hydrogens (primary N) is 1. The van der Waals surface area contributed by atoms with Gasteiger partial charge in [0.15, 0.2) is 0 Å². The molecule has 0 unspecified atom stereocenters. The first-order chi connectivity index (χ1) is 7.10. The van der Waals surface area contributed by atoms with Crippen LogP contribution in [0.25, 0.3) is 0 Å². The Labute approximate surface area is 93.3 Å². The number of anilines is 1. The highest BCUT2D eigenvalue weighted by atomic mass is 32.1. The van der Waals surface area contributed by atoms with Crippen LogP contribution in [0.5, 0.6) is 0 Å². The van der Waals surface area contributed by atoms with Crippen molar-refractivity contribution in [3.05, 3.63) is 5.01 Å². The molecule has 1 rings (SSSR count). The lowest BCUT2D eigenvalue weighted by Gasteiger charge is -2.24. The Morgan fingerprint density at radius 3 is 2.47 bits per heavy atom. The number of carbonyl (C=O) groups is 1. The minimum atomic E-state index is -0.0992. The summed E-state index contributed by atoms with van der Waals surface area (Å²) >= 11 is 1.13. The van der Waals surface area contributed by atoms with E-state index in [-0.39, 0.29) is 11.9 Å². The Hall–Kier alpha value is -1.17. The monoisotopic (exact) mass is 228 g/mol. The molecule has 0 aliphatic carbocycles. The molecule has 1 heterocycles. The van der Waals surface area contributed by atoms with Crippen molar-refractivity contribution in [1.82, 2.24) is 15.1 Å². The van der Waals surface area contributed by atoms with E-state index in [2.05, 4.69) is 24.0 Å². The quantitative estimate of drug-likeness (QED) is 0.845. The van der Waals surface area contributed by atoms with E-state index in [9.17, 15) is 4.79 Å². The van der Waals surface area contributed by atoms with Crippen LogP contribution in [0.15, 0.2) is 0 Å². The van der Waals surface area contributed by atoms with E-state index >= 15 is 0 Å². The fourth-order valence-corrected chi connectivity index (χ4v) is 2.07. The number of carbonyl (C=O) groups excluding carboxylic acids is 1. The second-order valence-corrected chi connectivity index (χ2v) is 4.34. The molecule has 0 spiro atoms. The van der Waals surface area contributed by atoms with Crippen LogP contribution in [0.2, 0.25) is 0 Å². The van der Waals surface area contributed by atoms with E-state index < -0.39 is 0 Å². The Morgan fingerprint density at radius 2 is 2.07 bits per heavy atom. The second-order valence-electron chi connectivity index (χ2n) is 3.33. The molecule has 0 radical (unpaired) electrons. The number of aromatic nitrogens is 2. The molecule has 6 heteroatoms. The van der Waals surface area contributed by atoms with E-state index in [1.165, 1.54) is 0 Å². The van der Waals surface area contributed by atoms with Gasteiger partial charge in [-0.2, -0.15) is 0 Å². The second kappa shape index (κ2) is 5.06. The molecule has 0 aliphatic heterocycles. The van der Waals surface area contributed by atoms with Crippen molar-refractivity contribution < 1.29 is 4.79 Å². The van der Waals surface area contributed by atoms with E-state index in [1.54, 1.807) is 11.9 Å². The molecule has 0 atom stereocenters. The first kappa shape index (κ1) is 11.9. The van der Waals surface area contributed by atoms with Gasteiger partial charge in [-0.1, -0.05) is 25.2 Å². The van der Waals surface area contributed by atoms with Crippen LogP contribution >= 0.6 is 11.3 Å². The Balaban J connectivity index is 2.76. The summed E-state index contributed by atoms with van der Waals surface area (Å²) in [7, 11) is 1.79. The summed E-state index contributed by atoms with van der Waals surface area (Å²) in [6, 6.07) is 0.252. The van der Waals surface area contributed by atoms with Crippen LogP contribution in [-0.2, 0) is 0 Å². The van der Waals surface area contributed by atoms with E-state index in [0.29, 0.717) is 10.1 Å². The molecule has 1 aromatic heterocycles. The number of rotatable bonds is 4. The summed E-state index contributed by atoms with van der Waals surface area (Å²) in [5.74, 6) is -0.0992. The molecule has 0 saturated carbocycles. The molecule has 0 fully saturated rings. The normalized spacial score (nSPS) is 10.7. The molecule has 84 valence electrons. The lowest BCUT2D eigenvalue weighted by Crippen LogP contribution is -2.36. The molecular weight excluding hydrogens is 212 g/mol. The van der Waals surface area contributed by atoms with Crippen LogP contribution < -0.4 is 5.73 Å². The van der Waals surface area contributed by atoms with Crippen molar-refractivity contribution >= 4 is 22.4 Å². The first-order valence-electron chi connectivity index (χ1n) is 4.96. The summed E-state index contributed by atoms with van der Waals surface area (Å²) in [5.41, 5.74) is 5.43. The van der Waals surface area contributed by atoms with Crippen molar-refractivity contribution in [1.29, 1.82) is 0 Å². The molecule has 0 saturated heterocycles. The molecule has 0 aliphatic rings. The van der Waals surface area contributed by atoms with Gasteiger partial charge in [-0.3, -0.25) is 4.79 Å². The van der Waals surface area contributed by atoms with Crippen LogP contribution in [0, 0.1) is 0 Å². The predicted octanol–water partition coefficient (Wildman–Crippen LogP) is 1.38. The lowest BCUT2D eigenvalue weighted by molar-refractivity contribution is 0.0722. The third-order valence-electron chi connectivity index (χ3n) is 2.43. The van der Waals surface area contributed by atoms with Crippen LogP contribution in [0.4, 0.5) is 5.13 Å². The van der Waals surface area contributed by atoms with Gasteiger partial charge in [-0.15, -0.1) is 10.2 Å². The molecule has 0 bridgehead atoms. The minimum Gasteiger partial charge on any atom is -0.374 e. The van der Waals surface area contributed by atoms with Crippen LogP contribution in [0.1, 0.15) is 36.5 Å². The van der Waals surface area contributed by atoms with Gasteiger partial charge in [0.25, 0.3) is 5.91 Å². The number of nitrogen functional groups attached to an aromatic ring is 1. The van der Waals surface area contributed by atoms with Crippen LogP contribution in [0.3, 0.4) is 0 Å². The minimum absolute atomic E-state index is 0.0992. The summed E-state index contributed by atoms with van der Waals surface area (Å²) in [4.78, 5) is 13.6. The maximum atomic E-state index is 11.9. The van der Waals surface area contributed by atoms with Crippen molar-refractivity contribution in [2.24, 2.45) is 0 Å². The highest BCUT2D eigenvalue weighted by Gasteiger charge is 2.21. The smallest absolute Gasteiger partial charge is 0.284 e. The molecule has 5 nitrogen and oxygen atoms in total. The maximum Gasteiger partial charge on any atom is 0.284 e. The zero-order valence-corrected chi connectivity index (χ0v) is 10.0. The van der Waals surface area contributed by atoms with Gasteiger partial charge in [-0.25, -0.2) is 0 Å². The average molecular weight is 228 g/mol. The Bertz CT molecular complexity index is 335. The third-order valence-corrected chi connectivity index (χ3v) is 3.17.